The van der Waals surface area contributed by atoms with Crippen LogP contribution in [0.2, 0.25) is 0 Å². The number of hydrogen-bond acceptors (Lipinski definition) is 3. The quantitative estimate of drug-likeness (QED) is 0.909. The summed E-state index contributed by atoms with van der Waals surface area (Å²) < 4.78 is 0. The van der Waals surface area contributed by atoms with Crippen LogP contribution in [0, 0.1) is 5.92 Å². The van der Waals surface area contributed by atoms with Gasteiger partial charge in [0.15, 0.2) is 0 Å². The molecule has 2 aliphatic rings. The Morgan fingerprint density at radius 2 is 1.96 bits per heavy atom. The molecular formula is C19H22N4O2. The molecule has 1 aromatic carbocycles. The molecule has 0 bridgehead atoms. The molecule has 6 nitrogen and oxygen atoms in total. The van der Waals surface area contributed by atoms with E-state index in [1.807, 2.05) is 28.0 Å². The van der Waals surface area contributed by atoms with E-state index in [1.165, 1.54) is 5.56 Å². The molecule has 0 unspecified atom stereocenters. The standard InChI is InChI=1S/C19H22N4O2/c1-13(24)23-12-15(14-5-3-2-4-6-14)16-11-22(10-8-18(16)23)19(25)17-7-9-20-21-17/h2-7,9,15-16,18H,8,10-12H2,1H3,(H,20,21)/t15-,16-,18-/m1/s1. The number of aromatic amines is 1. The molecule has 0 aliphatic carbocycles. The van der Waals surface area contributed by atoms with E-state index in [9.17, 15) is 9.59 Å². The third kappa shape index (κ3) is 2.81. The first-order chi connectivity index (χ1) is 12.1. The summed E-state index contributed by atoms with van der Waals surface area (Å²) in [5.41, 5.74) is 1.77. The molecule has 2 saturated heterocycles. The van der Waals surface area contributed by atoms with Crippen LogP contribution in [0.15, 0.2) is 42.6 Å². The Labute approximate surface area is 146 Å². The first-order valence-corrected chi connectivity index (χ1v) is 8.76. The number of amides is 2. The Morgan fingerprint density at radius 1 is 1.16 bits per heavy atom. The van der Waals surface area contributed by atoms with Gasteiger partial charge in [-0.3, -0.25) is 14.7 Å². The number of hydrogen-bond donors (Lipinski definition) is 1. The molecule has 0 spiro atoms. The molecule has 1 aromatic heterocycles. The summed E-state index contributed by atoms with van der Waals surface area (Å²) in [4.78, 5) is 28.7. The molecule has 2 amide bonds. The number of rotatable bonds is 2. The lowest BCUT2D eigenvalue weighted by Crippen LogP contribution is -2.49. The van der Waals surface area contributed by atoms with Crippen LogP contribution in [0.5, 0.6) is 0 Å². The van der Waals surface area contributed by atoms with Gasteiger partial charge in [0.2, 0.25) is 5.91 Å². The van der Waals surface area contributed by atoms with Gasteiger partial charge in [-0.1, -0.05) is 30.3 Å². The van der Waals surface area contributed by atoms with Gasteiger partial charge in [-0.05, 0) is 18.1 Å². The van der Waals surface area contributed by atoms with E-state index in [2.05, 4.69) is 22.3 Å². The minimum atomic E-state index is -0.0102. The molecule has 3 heterocycles. The van der Waals surface area contributed by atoms with Crippen LogP contribution < -0.4 is 0 Å². The van der Waals surface area contributed by atoms with Crippen molar-refractivity contribution in [1.82, 2.24) is 20.0 Å². The average molecular weight is 338 g/mol. The fourth-order valence-electron chi connectivity index (χ4n) is 4.38. The Bertz CT molecular complexity index is 759. The van der Waals surface area contributed by atoms with Gasteiger partial charge < -0.3 is 9.80 Å². The van der Waals surface area contributed by atoms with Crippen molar-refractivity contribution in [2.75, 3.05) is 19.6 Å². The van der Waals surface area contributed by atoms with Crippen molar-refractivity contribution < 1.29 is 9.59 Å². The highest BCUT2D eigenvalue weighted by molar-refractivity contribution is 5.92. The highest BCUT2D eigenvalue weighted by atomic mass is 16.2. The third-order valence-corrected chi connectivity index (χ3v) is 5.58. The second-order valence-corrected chi connectivity index (χ2v) is 6.93. The van der Waals surface area contributed by atoms with Crippen LogP contribution in [-0.2, 0) is 4.79 Å². The summed E-state index contributed by atoms with van der Waals surface area (Å²) in [5.74, 6) is 0.658. The van der Waals surface area contributed by atoms with E-state index < -0.39 is 0 Å². The van der Waals surface area contributed by atoms with Gasteiger partial charge in [-0.15, -0.1) is 0 Å². The maximum atomic E-state index is 12.7. The zero-order valence-corrected chi connectivity index (χ0v) is 14.3. The van der Waals surface area contributed by atoms with E-state index in [0.717, 1.165) is 13.0 Å². The van der Waals surface area contributed by atoms with Crippen LogP contribution in [-0.4, -0.2) is 57.5 Å². The second-order valence-electron chi connectivity index (χ2n) is 6.93. The van der Waals surface area contributed by atoms with Crippen molar-refractivity contribution in [3.05, 3.63) is 53.9 Å². The van der Waals surface area contributed by atoms with Crippen LogP contribution >= 0.6 is 0 Å². The topological polar surface area (TPSA) is 69.3 Å². The van der Waals surface area contributed by atoms with Gasteiger partial charge in [0, 0.05) is 50.6 Å². The minimum absolute atomic E-state index is 0.0102. The molecule has 2 fully saturated rings. The van der Waals surface area contributed by atoms with Crippen molar-refractivity contribution in [2.45, 2.75) is 25.3 Å². The first-order valence-electron chi connectivity index (χ1n) is 8.76. The highest BCUT2D eigenvalue weighted by Gasteiger charge is 2.46. The molecule has 0 radical (unpaired) electrons. The second kappa shape index (κ2) is 6.35. The number of fused-ring (bicyclic) bond motifs is 1. The molecule has 25 heavy (non-hydrogen) atoms. The van der Waals surface area contributed by atoms with Gasteiger partial charge >= 0.3 is 0 Å². The number of carbonyl (C=O) groups is 2. The van der Waals surface area contributed by atoms with Gasteiger partial charge in [-0.25, -0.2) is 0 Å². The van der Waals surface area contributed by atoms with Crippen LogP contribution in [0.4, 0.5) is 0 Å². The zero-order valence-electron chi connectivity index (χ0n) is 14.3. The van der Waals surface area contributed by atoms with Crippen molar-refractivity contribution in [3.8, 4) is 0 Å². The largest absolute Gasteiger partial charge is 0.339 e. The maximum absolute atomic E-state index is 12.7. The molecule has 3 atom stereocenters. The summed E-state index contributed by atoms with van der Waals surface area (Å²) in [6.45, 7) is 3.73. The van der Waals surface area contributed by atoms with Crippen LogP contribution in [0.25, 0.3) is 0 Å². The predicted molar refractivity (Wildman–Crippen MR) is 93.0 cm³/mol. The van der Waals surface area contributed by atoms with Crippen molar-refractivity contribution >= 4 is 11.8 Å². The number of piperidine rings is 1. The van der Waals surface area contributed by atoms with Crippen molar-refractivity contribution in [3.63, 3.8) is 0 Å². The molecule has 1 N–H and O–H groups in total. The summed E-state index contributed by atoms with van der Waals surface area (Å²) in [6, 6.07) is 12.3. The maximum Gasteiger partial charge on any atom is 0.271 e. The SMILES string of the molecule is CC(=O)N1C[C@H](c2ccccc2)[C@H]2CN(C(=O)c3ccn[nH]3)CC[C@H]21. The lowest BCUT2D eigenvalue weighted by Gasteiger charge is -2.38. The van der Waals surface area contributed by atoms with Crippen LogP contribution in [0.3, 0.4) is 0 Å². The van der Waals surface area contributed by atoms with Gasteiger partial charge in [0.1, 0.15) is 5.69 Å². The van der Waals surface area contributed by atoms with Gasteiger partial charge in [-0.2, -0.15) is 5.10 Å². The molecular weight excluding hydrogens is 316 g/mol. The molecule has 0 saturated carbocycles. The van der Waals surface area contributed by atoms with E-state index in [0.29, 0.717) is 18.8 Å². The smallest absolute Gasteiger partial charge is 0.271 e. The number of aromatic nitrogens is 2. The monoisotopic (exact) mass is 338 g/mol. The van der Waals surface area contributed by atoms with Crippen molar-refractivity contribution in [2.24, 2.45) is 5.92 Å². The normalized spacial score (nSPS) is 25.7. The number of likely N-dealkylation sites (tertiary alicyclic amines) is 2. The summed E-state index contributed by atoms with van der Waals surface area (Å²) >= 11 is 0. The average Bonchev–Trinajstić information content (AvgIpc) is 3.29. The molecule has 2 aliphatic heterocycles. The summed E-state index contributed by atoms with van der Waals surface area (Å²) in [5, 5.41) is 6.64. The van der Waals surface area contributed by atoms with Crippen LogP contribution in [0.1, 0.15) is 35.3 Å². The minimum Gasteiger partial charge on any atom is -0.339 e. The van der Waals surface area contributed by atoms with Crippen molar-refractivity contribution in [1.29, 1.82) is 0 Å². The number of nitrogens with one attached hydrogen (secondary N) is 1. The number of carbonyl (C=O) groups excluding carboxylic acids is 2. The predicted octanol–water partition coefficient (Wildman–Crippen LogP) is 1.89. The van der Waals surface area contributed by atoms with Gasteiger partial charge in [0.25, 0.3) is 5.91 Å². The Kier molecular flexibility index (Phi) is 4.03. The number of H-pyrrole nitrogens is 1. The number of nitrogens with zero attached hydrogens (tertiary/aromatic N) is 3. The fraction of sp³-hybridized carbons (Fsp3) is 0.421. The first kappa shape index (κ1) is 15.9. The third-order valence-electron chi connectivity index (χ3n) is 5.58. The van der Waals surface area contributed by atoms with E-state index in [-0.39, 0.29) is 29.7 Å². The van der Waals surface area contributed by atoms with E-state index in [4.69, 9.17) is 0 Å². The Hall–Kier alpha value is -2.63. The molecule has 6 heteroatoms. The van der Waals surface area contributed by atoms with E-state index in [1.54, 1.807) is 19.2 Å². The fourth-order valence-corrected chi connectivity index (χ4v) is 4.38. The lowest BCUT2D eigenvalue weighted by molar-refractivity contribution is -0.130. The van der Waals surface area contributed by atoms with E-state index >= 15 is 0 Å². The summed E-state index contributed by atoms with van der Waals surface area (Å²) in [7, 11) is 0. The zero-order chi connectivity index (χ0) is 17.4. The molecule has 2 aromatic rings. The molecule has 4 rings (SSSR count). The Balaban J connectivity index is 1.60. The summed E-state index contributed by atoms with van der Waals surface area (Å²) in [6.07, 6.45) is 2.42. The van der Waals surface area contributed by atoms with Gasteiger partial charge in [0.05, 0.1) is 0 Å². The number of benzene rings is 1. The highest BCUT2D eigenvalue weighted by Crippen LogP contribution is 2.41. The Morgan fingerprint density at radius 3 is 2.64 bits per heavy atom. The lowest BCUT2D eigenvalue weighted by atomic mass is 9.81. The molecule has 130 valence electrons.